The molecular formula is C21H20N6OS. The Morgan fingerprint density at radius 1 is 1.34 bits per heavy atom. The predicted octanol–water partition coefficient (Wildman–Crippen LogP) is 3.48. The Balaban J connectivity index is 1.53. The fourth-order valence-electron chi connectivity index (χ4n) is 4.00. The van der Waals surface area contributed by atoms with Crippen molar-refractivity contribution in [3.63, 3.8) is 0 Å². The maximum atomic E-state index is 13.1. The van der Waals surface area contributed by atoms with Gasteiger partial charge in [0.15, 0.2) is 0 Å². The molecule has 0 aliphatic heterocycles. The number of anilines is 2. The van der Waals surface area contributed by atoms with Crippen LogP contribution in [0.4, 0.5) is 10.7 Å². The minimum Gasteiger partial charge on any atom is -0.390 e. The number of hydrogen-bond donors (Lipinski definition) is 3. The summed E-state index contributed by atoms with van der Waals surface area (Å²) in [4.78, 5) is 17.4. The van der Waals surface area contributed by atoms with Crippen LogP contribution in [0.15, 0.2) is 42.7 Å². The van der Waals surface area contributed by atoms with Gasteiger partial charge in [-0.05, 0) is 42.2 Å². The third-order valence-electron chi connectivity index (χ3n) is 5.43. The molecule has 146 valence electrons. The van der Waals surface area contributed by atoms with Crippen LogP contribution in [0.3, 0.4) is 0 Å². The van der Waals surface area contributed by atoms with E-state index in [1.165, 1.54) is 22.5 Å². The molecule has 0 saturated carbocycles. The number of aryl methyl sites for hydroxylation is 2. The van der Waals surface area contributed by atoms with Crippen molar-refractivity contribution < 1.29 is 4.79 Å². The summed E-state index contributed by atoms with van der Waals surface area (Å²) in [5.41, 5.74) is 18.3. The van der Waals surface area contributed by atoms with E-state index in [-0.39, 0.29) is 11.9 Å². The number of nitrogens with two attached hydrogens (primary N) is 2. The fourth-order valence-corrected chi connectivity index (χ4v) is 4.93. The van der Waals surface area contributed by atoms with E-state index < -0.39 is 0 Å². The molecule has 7 nitrogen and oxygen atoms in total. The molecule has 29 heavy (non-hydrogen) atoms. The van der Waals surface area contributed by atoms with Gasteiger partial charge in [0, 0.05) is 24.8 Å². The van der Waals surface area contributed by atoms with Crippen molar-refractivity contribution >= 4 is 38.1 Å². The number of benzene rings is 1. The van der Waals surface area contributed by atoms with E-state index in [0.29, 0.717) is 21.8 Å². The molecule has 0 radical (unpaired) electrons. The van der Waals surface area contributed by atoms with Crippen molar-refractivity contribution in [3.05, 3.63) is 59.4 Å². The predicted molar refractivity (Wildman–Crippen MR) is 116 cm³/mol. The Kier molecular flexibility index (Phi) is 4.11. The van der Waals surface area contributed by atoms with Gasteiger partial charge in [-0.1, -0.05) is 12.1 Å². The van der Waals surface area contributed by atoms with Crippen molar-refractivity contribution in [2.75, 3.05) is 11.1 Å². The van der Waals surface area contributed by atoms with Gasteiger partial charge in [0.2, 0.25) is 0 Å². The second-order valence-electron chi connectivity index (χ2n) is 7.23. The Hall–Kier alpha value is -3.23. The summed E-state index contributed by atoms with van der Waals surface area (Å²) < 4.78 is 2.64. The van der Waals surface area contributed by atoms with Gasteiger partial charge in [0.1, 0.15) is 10.6 Å². The number of nitrogens with zero attached hydrogens (tertiary/aromatic N) is 3. The Bertz CT molecular complexity index is 1260. The molecule has 0 unspecified atom stereocenters. The highest BCUT2D eigenvalue weighted by Gasteiger charge is 2.23. The van der Waals surface area contributed by atoms with Crippen molar-refractivity contribution in [3.8, 4) is 11.3 Å². The zero-order valence-electron chi connectivity index (χ0n) is 15.8. The standard InChI is InChI=1S/C21H20N6OS/c1-27-19(12-5-4-11-6-7-14(22)13(11)9-12)15(10-25-27)26-21(28)17-18-16(29-20(17)23)3-2-8-24-18/h2-5,8-10,14H,6-7,22-23H2,1H3,(H,26,28)/t14-/m0/s1. The van der Waals surface area contributed by atoms with E-state index in [0.717, 1.165) is 28.8 Å². The molecular weight excluding hydrogens is 384 g/mol. The molecule has 0 spiro atoms. The molecule has 5 rings (SSSR count). The van der Waals surface area contributed by atoms with E-state index in [2.05, 4.69) is 33.6 Å². The first-order chi connectivity index (χ1) is 14.0. The lowest BCUT2D eigenvalue weighted by Crippen LogP contribution is -2.14. The highest BCUT2D eigenvalue weighted by Crippen LogP contribution is 2.36. The summed E-state index contributed by atoms with van der Waals surface area (Å²) in [6.45, 7) is 0. The largest absolute Gasteiger partial charge is 0.390 e. The zero-order chi connectivity index (χ0) is 20.1. The molecule has 0 fully saturated rings. The van der Waals surface area contributed by atoms with Gasteiger partial charge in [-0.25, -0.2) is 0 Å². The van der Waals surface area contributed by atoms with E-state index in [1.54, 1.807) is 17.1 Å². The molecule has 0 bridgehead atoms. The summed E-state index contributed by atoms with van der Waals surface area (Å²) in [7, 11) is 1.86. The lowest BCUT2D eigenvalue weighted by Gasteiger charge is -2.11. The minimum absolute atomic E-state index is 0.0549. The first-order valence-electron chi connectivity index (χ1n) is 9.38. The summed E-state index contributed by atoms with van der Waals surface area (Å²) in [5, 5.41) is 7.78. The van der Waals surface area contributed by atoms with Crippen molar-refractivity contribution in [2.24, 2.45) is 12.8 Å². The van der Waals surface area contributed by atoms with Gasteiger partial charge in [-0.15, -0.1) is 11.3 Å². The normalized spacial score (nSPS) is 15.6. The zero-order valence-corrected chi connectivity index (χ0v) is 16.7. The van der Waals surface area contributed by atoms with Crippen LogP contribution in [0.25, 0.3) is 21.5 Å². The van der Waals surface area contributed by atoms with Gasteiger partial charge < -0.3 is 16.8 Å². The lowest BCUT2D eigenvalue weighted by molar-refractivity contribution is 0.102. The number of hydrogen-bond acceptors (Lipinski definition) is 6. The SMILES string of the molecule is Cn1ncc(NC(=O)c2c(N)sc3cccnc23)c1-c1ccc2c(c1)[C@@H](N)CC2. The number of carbonyl (C=O) groups is 1. The molecule has 3 aromatic heterocycles. The second kappa shape index (κ2) is 6.68. The van der Waals surface area contributed by atoms with Crippen LogP contribution in [-0.4, -0.2) is 20.7 Å². The number of carbonyl (C=O) groups excluding carboxylic acids is 1. The molecule has 3 heterocycles. The monoisotopic (exact) mass is 404 g/mol. The number of amides is 1. The number of fused-ring (bicyclic) bond motifs is 2. The average molecular weight is 404 g/mol. The van der Waals surface area contributed by atoms with Crippen molar-refractivity contribution in [1.82, 2.24) is 14.8 Å². The third kappa shape index (κ3) is 2.88. The molecule has 0 saturated heterocycles. The van der Waals surface area contributed by atoms with E-state index in [9.17, 15) is 4.79 Å². The molecule has 1 aliphatic carbocycles. The highest BCUT2D eigenvalue weighted by atomic mass is 32.1. The maximum Gasteiger partial charge on any atom is 0.260 e. The Morgan fingerprint density at radius 3 is 3.07 bits per heavy atom. The van der Waals surface area contributed by atoms with Crippen LogP contribution in [-0.2, 0) is 13.5 Å². The van der Waals surface area contributed by atoms with Gasteiger partial charge in [0.25, 0.3) is 5.91 Å². The van der Waals surface area contributed by atoms with Crippen molar-refractivity contribution in [2.45, 2.75) is 18.9 Å². The average Bonchev–Trinajstić information content (AvgIpc) is 3.36. The minimum atomic E-state index is -0.292. The molecule has 8 heteroatoms. The number of aromatic nitrogens is 3. The third-order valence-corrected chi connectivity index (χ3v) is 6.40. The summed E-state index contributed by atoms with van der Waals surface area (Å²) in [6.07, 6.45) is 5.28. The van der Waals surface area contributed by atoms with Gasteiger partial charge in [-0.3, -0.25) is 14.5 Å². The van der Waals surface area contributed by atoms with Crippen LogP contribution in [0, 0.1) is 0 Å². The molecule has 1 atom stereocenters. The van der Waals surface area contributed by atoms with E-state index in [4.69, 9.17) is 11.5 Å². The van der Waals surface area contributed by atoms with Crippen LogP contribution in [0.1, 0.15) is 33.9 Å². The van der Waals surface area contributed by atoms with Gasteiger partial charge in [-0.2, -0.15) is 5.10 Å². The number of nitrogen functional groups attached to an aromatic ring is 1. The van der Waals surface area contributed by atoms with Gasteiger partial charge in [0.05, 0.1) is 27.8 Å². The maximum absolute atomic E-state index is 13.1. The topological polar surface area (TPSA) is 112 Å². The van der Waals surface area contributed by atoms with Crippen molar-refractivity contribution in [1.29, 1.82) is 0 Å². The highest BCUT2D eigenvalue weighted by molar-refractivity contribution is 7.23. The fraction of sp³-hybridized carbons (Fsp3) is 0.190. The Morgan fingerprint density at radius 2 is 2.21 bits per heavy atom. The Labute approximate surface area is 171 Å². The number of nitrogens with one attached hydrogen (secondary N) is 1. The molecule has 1 amide bonds. The number of pyridine rings is 1. The van der Waals surface area contributed by atoms with Gasteiger partial charge >= 0.3 is 0 Å². The second-order valence-corrected chi connectivity index (χ2v) is 8.32. The molecule has 4 aromatic rings. The quantitative estimate of drug-likeness (QED) is 0.484. The van der Waals surface area contributed by atoms with E-state index >= 15 is 0 Å². The molecule has 5 N–H and O–H groups in total. The summed E-state index contributed by atoms with van der Waals surface area (Å²) >= 11 is 1.36. The summed E-state index contributed by atoms with van der Waals surface area (Å²) in [5.74, 6) is -0.292. The number of thiophene rings is 1. The van der Waals surface area contributed by atoms with Crippen LogP contribution in [0.2, 0.25) is 0 Å². The van der Waals surface area contributed by atoms with Crippen LogP contribution >= 0.6 is 11.3 Å². The lowest BCUT2D eigenvalue weighted by atomic mass is 10.0. The summed E-state index contributed by atoms with van der Waals surface area (Å²) in [6, 6.07) is 10.1. The molecule has 1 aliphatic rings. The van der Waals surface area contributed by atoms with Crippen LogP contribution in [0.5, 0.6) is 0 Å². The van der Waals surface area contributed by atoms with E-state index in [1.807, 2.05) is 19.2 Å². The first-order valence-corrected chi connectivity index (χ1v) is 10.2. The van der Waals surface area contributed by atoms with Crippen LogP contribution < -0.4 is 16.8 Å². The number of rotatable bonds is 3. The smallest absolute Gasteiger partial charge is 0.260 e. The molecule has 1 aromatic carbocycles. The first kappa shape index (κ1) is 17.8.